The fourth-order valence-electron chi connectivity index (χ4n) is 2.50. The van der Waals surface area contributed by atoms with Crippen molar-refractivity contribution in [1.82, 2.24) is 9.97 Å². The van der Waals surface area contributed by atoms with E-state index in [-0.39, 0.29) is 18.2 Å². The lowest BCUT2D eigenvalue weighted by Crippen LogP contribution is -2.65. The van der Waals surface area contributed by atoms with Gasteiger partial charge in [0.1, 0.15) is 12.1 Å². The van der Waals surface area contributed by atoms with Crippen LogP contribution in [0.25, 0.3) is 0 Å². The molecule has 1 aliphatic heterocycles. The summed E-state index contributed by atoms with van der Waals surface area (Å²) in [5, 5.41) is 3.32. The van der Waals surface area contributed by atoms with Gasteiger partial charge in [-0.3, -0.25) is 0 Å². The minimum Gasteiger partial charge on any atom is -0.376 e. The molecule has 0 aromatic carbocycles. The summed E-state index contributed by atoms with van der Waals surface area (Å²) in [6.07, 6.45) is 4.56. The maximum Gasteiger partial charge on any atom is 0.144 e. The molecule has 4 unspecified atom stereocenters. The third kappa shape index (κ3) is 1.52. The average Bonchev–Trinajstić information content (AvgIpc) is 2.72. The summed E-state index contributed by atoms with van der Waals surface area (Å²) >= 11 is 3.40. The molecule has 0 amide bonds. The van der Waals surface area contributed by atoms with Crippen LogP contribution in [-0.2, 0) is 4.74 Å². The molecule has 1 aliphatic carbocycles. The van der Waals surface area contributed by atoms with Crippen LogP contribution in [0.4, 0.5) is 5.82 Å². The van der Waals surface area contributed by atoms with E-state index in [0.717, 1.165) is 23.3 Å². The topological polar surface area (TPSA) is 73.1 Å². The van der Waals surface area contributed by atoms with Gasteiger partial charge >= 0.3 is 0 Å². The molecule has 2 aliphatic rings. The predicted octanol–water partition coefficient (Wildman–Crippen LogP) is 0.766. The molecular formula is C10H13BrN4O. The second kappa shape index (κ2) is 3.94. The molecule has 1 saturated heterocycles. The molecule has 3 rings (SSSR count). The molecule has 6 heteroatoms. The van der Waals surface area contributed by atoms with E-state index in [1.165, 1.54) is 6.33 Å². The van der Waals surface area contributed by atoms with Gasteiger partial charge in [-0.2, -0.15) is 0 Å². The van der Waals surface area contributed by atoms with E-state index < -0.39 is 0 Å². The zero-order chi connectivity index (χ0) is 11.1. The van der Waals surface area contributed by atoms with Gasteiger partial charge in [0.25, 0.3) is 0 Å². The Balaban J connectivity index is 1.74. The Bertz CT molecular complexity index is 402. The third-order valence-corrected chi connectivity index (χ3v) is 4.00. The van der Waals surface area contributed by atoms with E-state index in [9.17, 15) is 0 Å². The zero-order valence-corrected chi connectivity index (χ0v) is 10.2. The van der Waals surface area contributed by atoms with Crippen LogP contribution < -0.4 is 11.1 Å². The molecule has 1 saturated carbocycles. The van der Waals surface area contributed by atoms with Crippen molar-refractivity contribution in [2.24, 2.45) is 11.7 Å². The van der Waals surface area contributed by atoms with E-state index in [2.05, 4.69) is 31.2 Å². The summed E-state index contributed by atoms with van der Waals surface area (Å²) in [6.45, 7) is 0.826. The molecule has 4 atom stereocenters. The van der Waals surface area contributed by atoms with Gasteiger partial charge in [-0.05, 0) is 22.4 Å². The summed E-state index contributed by atoms with van der Waals surface area (Å²) in [6, 6.07) is 0.327. The van der Waals surface area contributed by atoms with Crippen molar-refractivity contribution in [1.29, 1.82) is 0 Å². The molecule has 86 valence electrons. The van der Waals surface area contributed by atoms with Crippen molar-refractivity contribution in [3.63, 3.8) is 0 Å². The fraction of sp³-hybridized carbons (Fsp3) is 0.600. The molecule has 16 heavy (non-hydrogen) atoms. The van der Waals surface area contributed by atoms with Crippen molar-refractivity contribution in [3.05, 3.63) is 17.0 Å². The first-order valence-electron chi connectivity index (χ1n) is 5.36. The number of halogens is 1. The first-order chi connectivity index (χ1) is 7.77. The summed E-state index contributed by atoms with van der Waals surface area (Å²) in [4.78, 5) is 8.09. The highest BCUT2D eigenvalue weighted by Crippen LogP contribution is 2.39. The number of anilines is 1. The molecule has 0 spiro atoms. The quantitative estimate of drug-likeness (QED) is 0.839. The first-order valence-corrected chi connectivity index (χ1v) is 6.16. The van der Waals surface area contributed by atoms with Crippen LogP contribution in [0.15, 0.2) is 17.0 Å². The smallest absolute Gasteiger partial charge is 0.144 e. The van der Waals surface area contributed by atoms with Crippen molar-refractivity contribution in [2.45, 2.75) is 24.6 Å². The lowest BCUT2D eigenvalue weighted by Gasteiger charge is -2.45. The van der Waals surface area contributed by atoms with Crippen molar-refractivity contribution < 1.29 is 4.74 Å². The number of hydrogen-bond acceptors (Lipinski definition) is 5. The van der Waals surface area contributed by atoms with Gasteiger partial charge in [0, 0.05) is 24.8 Å². The Morgan fingerprint density at radius 1 is 1.56 bits per heavy atom. The largest absolute Gasteiger partial charge is 0.376 e. The van der Waals surface area contributed by atoms with E-state index in [4.69, 9.17) is 10.5 Å². The highest BCUT2D eigenvalue weighted by Gasteiger charge is 2.52. The number of aromatic nitrogens is 2. The molecule has 5 nitrogen and oxygen atoms in total. The Morgan fingerprint density at radius 3 is 3.25 bits per heavy atom. The molecule has 0 bridgehead atoms. The number of hydrogen-bond donors (Lipinski definition) is 2. The lowest BCUT2D eigenvalue weighted by atomic mass is 9.72. The third-order valence-electron chi connectivity index (χ3n) is 3.42. The standard InChI is InChI=1S/C10H13BrN4O/c11-6-3-13-4-14-10(6)15-8-7(12)5-1-2-16-9(5)8/h3-5,7-9H,1-2,12H2,(H,13,14,15). The first kappa shape index (κ1) is 10.4. The van der Waals surface area contributed by atoms with Gasteiger partial charge in [-0.15, -0.1) is 0 Å². The van der Waals surface area contributed by atoms with Crippen LogP contribution in [0.5, 0.6) is 0 Å². The van der Waals surface area contributed by atoms with E-state index >= 15 is 0 Å². The number of nitrogens with two attached hydrogens (primary N) is 1. The van der Waals surface area contributed by atoms with E-state index in [1.54, 1.807) is 6.20 Å². The van der Waals surface area contributed by atoms with Gasteiger partial charge < -0.3 is 15.8 Å². The number of nitrogens with one attached hydrogen (secondary N) is 1. The Morgan fingerprint density at radius 2 is 2.44 bits per heavy atom. The molecule has 3 N–H and O–H groups in total. The summed E-state index contributed by atoms with van der Waals surface area (Å²) < 4.78 is 6.50. The normalized spacial score (nSPS) is 36.6. The number of fused-ring (bicyclic) bond motifs is 1. The monoisotopic (exact) mass is 284 g/mol. The summed E-state index contributed by atoms with van der Waals surface area (Å²) in [5.74, 6) is 1.29. The van der Waals surface area contributed by atoms with Crippen LogP contribution >= 0.6 is 15.9 Å². The molecule has 1 aromatic rings. The van der Waals surface area contributed by atoms with Crippen LogP contribution in [0.1, 0.15) is 6.42 Å². The van der Waals surface area contributed by atoms with Gasteiger partial charge in [0.05, 0.1) is 16.6 Å². The fourth-order valence-corrected chi connectivity index (χ4v) is 2.84. The Hall–Kier alpha value is -0.720. The lowest BCUT2D eigenvalue weighted by molar-refractivity contribution is 0.00521. The van der Waals surface area contributed by atoms with Crippen LogP contribution in [0.3, 0.4) is 0 Å². The Labute approximate surface area is 102 Å². The number of nitrogens with zero attached hydrogens (tertiary/aromatic N) is 2. The maximum absolute atomic E-state index is 6.10. The molecule has 1 aromatic heterocycles. The predicted molar refractivity (Wildman–Crippen MR) is 63.0 cm³/mol. The van der Waals surface area contributed by atoms with Gasteiger partial charge in [0.15, 0.2) is 0 Å². The maximum atomic E-state index is 6.10. The molecule has 2 fully saturated rings. The van der Waals surface area contributed by atoms with Crippen LogP contribution in [-0.4, -0.2) is 34.8 Å². The second-order valence-corrected chi connectivity index (χ2v) is 5.11. The SMILES string of the molecule is NC1C2CCOC2C1Nc1ncncc1Br. The van der Waals surface area contributed by atoms with Crippen LogP contribution in [0, 0.1) is 5.92 Å². The van der Waals surface area contributed by atoms with Crippen molar-refractivity contribution >= 4 is 21.7 Å². The molecular weight excluding hydrogens is 272 g/mol. The van der Waals surface area contributed by atoms with Gasteiger partial charge in [0.2, 0.25) is 0 Å². The number of ether oxygens (including phenoxy) is 1. The summed E-state index contributed by atoms with van der Waals surface area (Å²) in [5.41, 5.74) is 6.10. The van der Waals surface area contributed by atoms with E-state index in [1.807, 2.05) is 0 Å². The summed E-state index contributed by atoms with van der Waals surface area (Å²) in [7, 11) is 0. The van der Waals surface area contributed by atoms with Gasteiger partial charge in [-0.1, -0.05) is 0 Å². The second-order valence-electron chi connectivity index (χ2n) is 4.25. The minimum absolute atomic E-state index is 0.161. The number of rotatable bonds is 2. The zero-order valence-electron chi connectivity index (χ0n) is 8.64. The molecule has 0 radical (unpaired) electrons. The highest BCUT2D eigenvalue weighted by molar-refractivity contribution is 9.10. The highest BCUT2D eigenvalue weighted by atomic mass is 79.9. The van der Waals surface area contributed by atoms with Crippen molar-refractivity contribution in [2.75, 3.05) is 11.9 Å². The van der Waals surface area contributed by atoms with Crippen molar-refractivity contribution in [3.8, 4) is 0 Å². The molecule has 2 heterocycles. The Kier molecular flexibility index (Phi) is 2.57. The van der Waals surface area contributed by atoms with Crippen LogP contribution in [0.2, 0.25) is 0 Å². The van der Waals surface area contributed by atoms with Gasteiger partial charge in [-0.25, -0.2) is 9.97 Å². The van der Waals surface area contributed by atoms with E-state index in [0.29, 0.717) is 5.92 Å². The average molecular weight is 285 g/mol. The minimum atomic E-state index is 0.161.